The molecule has 69 valence electrons. The molecule has 0 spiro atoms. The van der Waals surface area contributed by atoms with Gasteiger partial charge in [0.05, 0.1) is 13.2 Å². The minimum atomic E-state index is -0.232. The van der Waals surface area contributed by atoms with Crippen molar-refractivity contribution in [3.8, 4) is 0 Å². The maximum atomic E-state index is 12.8. The number of nitrogens with zero attached hydrogens (tertiary/aromatic N) is 1. The molecule has 1 saturated heterocycles. The Kier molecular flexibility index (Phi) is 2.45. The van der Waals surface area contributed by atoms with Crippen LogP contribution in [-0.4, -0.2) is 26.3 Å². The number of halogens is 1. The van der Waals surface area contributed by atoms with Gasteiger partial charge in [0.1, 0.15) is 5.82 Å². The molecule has 0 aromatic heterocycles. The third-order valence-electron chi connectivity index (χ3n) is 2.11. The molecule has 3 heteroatoms. The fourth-order valence-electron chi connectivity index (χ4n) is 1.44. The van der Waals surface area contributed by atoms with Crippen LogP contribution in [0.15, 0.2) is 18.2 Å². The molecule has 1 aliphatic heterocycles. The molecule has 0 bridgehead atoms. The van der Waals surface area contributed by atoms with Crippen LogP contribution in [0.3, 0.4) is 0 Å². The lowest BCUT2D eigenvalue weighted by Crippen LogP contribution is -2.36. The molecule has 1 radical (unpaired) electrons. The lowest BCUT2D eigenvalue weighted by Gasteiger charge is -2.28. The summed E-state index contributed by atoms with van der Waals surface area (Å²) < 4.78 is 18.0. The summed E-state index contributed by atoms with van der Waals surface area (Å²) >= 11 is 0. The Hall–Kier alpha value is -1.09. The van der Waals surface area contributed by atoms with Crippen molar-refractivity contribution in [2.24, 2.45) is 0 Å². The standard InChI is InChI=1S/C10H11FNO/c11-9-2-1-3-10(8-9)12-4-6-13-7-5-12/h2-3,8H,4-7H2. The average Bonchev–Trinajstić information content (AvgIpc) is 2.19. The highest BCUT2D eigenvalue weighted by Gasteiger charge is 2.10. The predicted molar refractivity (Wildman–Crippen MR) is 48.3 cm³/mol. The molecule has 0 amide bonds. The fourth-order valence-corrected chi connectivity index (χ4v) is 1.44. The van der Waals surface area contributed by atoms with E-state index in [1.54, 1.807) is 6.07 Å². The van der Waals surface area contributed by atoms with E-state index in [2.05, 4.69) is 11.0 Å². The van der Waals surface area contributed by atoms with Gasteiger partial charge in [-0.3, -0.25) is 0 Å². The van der Waals surface area contributed by atoms with Gasteiger partial charge in [-0.1, -0.05) is 0 Å². The molecule has 0 saturated carbocycles. The molecule has 1 aromatic carbocycles. The zero-order chi connectivity index (χ0) is 9.10. The summed E-state index contributed by atoms with van der Waals surface area (Å²) in [5.41, 5.74) is 0.892. The number of rotatable bonds is 1. The van der Waals surface area contributed by atoms with Crippen LogP contribution in [0.4, 0.5) is 10.1 Å². The summed E-state index contributed by atoms with van der Waals surface area (Å²) in [6, 6.07) is 7.44. The smallest absolute Gasteiger partial charge is 0.125 e. The minimum Gasteiger partial charge on any atom is -0.378 e. The van der Waals surface area contributed by atoms with Crippen molar-refractivity contribution in [2.75, 3.05) is 31.2 Å². The number of morpholine rings is 1. The molecule has 0 N–H and O–H groups in total. The van der Waals surface area contributed by atoms with Gasteiger partial charge in [-0.25, -0.2) is 4.39 Å². The van der Waals surface area contributed by atoms with Gasteiger partial charge in [-0.15, -0.1) is 0 Å². The molecule has 1 aromatic rings. The normalized spacial score (nSPS) is 17.5. The molecular formula is C10H11FNO. The van der Waals surface area contributed by atoms with E-state index in [-0.39, 0.29) is 5.82 Å². The first kappa shape index (κ1) is 8.51. The Morgan fingerprint density at radius 2 is 2.08 bits per heavy atom. The minimum absolute atomic E-state index is 0.232. The third-order valence-corrected chi connectivity index (χ3v) is 2.11. The van der Waals surface area contributed by atoms with Crippen molar-refractivity contribution in [1.82, 2.24) is 0 Å². The van der Waals surface area contributed by atoms with E-state index in [9.17, 15) is 4.39 Å². The van der Waals surface area contributed by atoms with Crippen molar-refractivity contribution < 1.29 is 9.13 Å². The van der Waals surface area contributed by atoms with Crippen LogP contribution in [0.2, 0.25) is 0 Å². The second-order valence-corrected chi connectivity index (χ2v) is 3.01. The van der Waals surface area contributed by atoms with Gasteiger partial charge in [-0.2, -0.15) is 0 Å². The van der Waals surface area contributed by atoms with Gasteiger partial charge in [0.25, 0.3) is 0 Å². The van der Waals surface area contributed by atoms with Gasteiger partial charge in [-0.05, 0) is 24.3 Å². The molecule has 0 aliphatic carbocycles. The summed E-state index contributed by atoms with van der Waals surface area (Å²) in [5.74, 6) is -0.232. The molecule has 2 nitrogen and oxygen atoms in total. The van der Waals surface area contributed by atoms with Gasteiger partial charge < -0.3 is 9.64 Å². The van der Waals surface area contributed by atoms with E-state index in [0.29, 0.717) is 0 Å². The van der Waals surface area contributed by atoms with E-state index < -0.39 is 0 Å². The van der Waals surface area contributed by atoms with Crippen molar-refractivity contribution in [3.63, 3.8) is 0 Å². The molecule has 0 unspecified atom stereocenters. The monoisotopic (exact) mass is 180 g/mol. The Labute approximate surface area is 76.9 Å². The molecular weight excluding hydrogens is 169 g/mol. The maximum Gasteiger partial charge on any atom is 0.125 e. The first-order valence-corrected chi connectivity index (χ1v) is 4.35. The zero-order valence-electron chi connectivity index (χ0n) is 7.29. The van der Waals surface area contributed by atoms with Crippen LogP contribution in [0.5, 0.6) is 0 Å². The SMILES string of the molecule is Fc1c[c]cc(N2CCOCC2)c1. The quantitative estimate of drug-likeness (QED) is 0.648. The summed E-state index contributed by atoms with van der Waals surface area (Å²) in [6.45, 7) is 3.10. The Morgan fingerprint density at radius 1 is 1.31 bits per heavy atom. The van der Waals surface area contributed by atoms with Gasteiger partial charge >= 0.3 is 0 Å². The molecule has 1 fully saturated rings. The maximum absolute atomic E-state index is 12.8. The second kappa shape index (κ2) is 3.75. The number of benzene rings is 1. The van der Waals surface area contributed by atoms with Gasteiger partial charge in [0.15, 0.2) is 0 Å². The highest BCUT2D eigenvalue weighted by atomic mass is 19.1. The largest absolute Gasteiger partial charge is 0.378 e. The zero-order valence-corrected chi connectivity index (χ0v) is 7.29. The number of ether oxygens (including phenoxy) is 1. The predicted octanol–water partition coefficient (Wildman–Crippen LogP) is 1.46. The van der Waals surface area contributed by atoms with E-state index in [0.717, 1.165) is 32.0 Å². The van der Waals surface area contributed by atoms with E-state index in [4.69, 9.17) is 4.74 Å². The second-order valence-electron chi connectivity index (χ2n) is 3.01. The molecule has 1 heterocycles. The molecule has 0 atom stereocenters. The number of hydrogen-bond acceptors (Lipinski definition) is 2. The lowest BCUT2D eigenvalue weighted by atomic mass is 10.2. The Bertz CT molecular complexity index is 284. The van der Waals surface area contributed by atoms with Crippen LogP contribution >= 0.6 is 0 Å². The highest BCUT2D eigenvalue weighted by molar-refractivity contribution is 5.46. The topological polar surface area (TPSA) is 12.5 Å². The number of anilines is 1. The summed E-state index contributed by atoms with van der Waals surface area (Å²) in [5, 5.41) is 0. The first-order chi connectivity index (χ1) is 6.36. The van der Waals surface area contributed by atoms with Crippen molar-refractivity contribution in [3.05, 3.63) is 30.1 Å². The Morgan fingerprint density at radius 3 is 2.77 bits per heavy atom. The molecule has 2 rings (SSSR count). The van der Waals surface area contributed by atoms with E-state index in [1.807, 2.05) is 0 Å². The number of hydrogen-bond donors (Lipinski definition) is 0. The summed E-state index contributed by atoms with van der Waals surface area (Å²) in [7, 11) is 0. The van der Waals surface area contributed by atoms with Gasteiger partial charge in [0.2, 0.25) is 0 Å². The fraction of sp³-hybridized carbons (Fsp3) is 0.400. The third kappa shape index (κ3) is 1.98. The average molecular weight is 180 g/mol. The van der Waals surface area contributed by atoms with Crippen molar-refractivity contribution >= 4 is 5.69 Å². The van der Waals surface area contributed by atoms with Crippen molar-refractivity contribution in [1.29, 1.82) is 0 Å². The van der Waals surface area contributed by atoms with Crippen molar-refractivity contribution in [2.45, 2.75) is 0 Å². The molecule has 1 aliphatic rings. The first-order valence-electron chi connectivity index (χ1n) is 4.35. The molecule has 13 heavy (non-hydrogen) atoms. The van der Waals surface area contributed by atoms with E-state index >= 15 is 0 Å². The van der Waals surface area contributed by atoms with Crippen LogP contribution in [0.1, 0.15) is 0 Å². The lowest BCUT2D eigenvalue weighted by molar-refractivity contribution is 0.122. The van der Waals surface area contributed by atoms with E-state index in [1.165, 1.54) is 12.1 Å². The summed E-state index contributed by atoms with van der Waals surface area (Å²) in [4.78, 5) is 2.10. The summed E-state index contributed by atoms with van der Waals surface area (Å²) in [6.07, 6.45) is 0. The van der Waals surface area contributed by atoms with Gasteiger partial charge in [0, 0.05) is 18.8 Å². The van der Waals surface area contributed by atoms with Crippen LogP contribution in [-0.2, 0) is 4.74 Å². The van der Waals surface area contributed by atoms with Crippen LogP contribution < -0.4 is 4.90 Å². The Balaban J connectivity index is 2.14. The van der Waals surface area contributed by atoms with Crippen LogP contribution in [0, 0.1) is 11.9 Å². The van der Waals surface area contributed by atoms with Crippen LogP contribution in [0.25, 0.3) is 0 Å². The highest BCUT2D eigenvalue weighted by Crippen LogP contribution is 2.15.